The third kappa shape index (κ3) is 3.95. The van der Waals surface area contributed by atoms with Crippen LogP contribution in [0.3, 0.4) is 0 Å². The summed E-state index contributed by atoms with van der Waals surface area (Å²) in [5.41, 5.74) is 7.43. The Labute approximate surface area is 126 Å². The van der Waals surface area contributed by atoms with Crippen molar-refractivity contribution in [2.45, 2.75) is 38.3 Å². The lowest BCUT2D eigenvalue weighted by Crippen LogP contribution is -2.29. The number of methoxy groups -OCH3 is 1. The van der Waals surface area contributed by atoms with Crippen LogP contribution in [-0.2, 0) is 6.54 Å². The predicted molar refractivity (Wildman–Crippen MR) is 83.8 cm³/mol. The van der Waals surface area contributed by atoms with E-state index in [-0.39, 0.29) is 12.4 Å². The molecule has 1 unspecified atom stereocenters. The molecule has 1 heterocycles. The second kappa shape index (κ2) is 7.43. The molecular weight excluding hydrogens is 266 g/mol. The van der Waals surface area contributed by atoms with Crippen LogP contribution in [0.25, 0.3) is 0 Å². The smallest absolute Gasteiger partial charge is 0.129 e. The molecule has 5 heteroatoms. The van der Waals surface area contributed by atoms with E-state index in [0.717, 1.165) is 31.5 Å². The second-order valence-corrected chi connectivity index (χ2v) is 5.58. The highest BCUT2D eigenvalue weighted by molar-refractivity contribution is 5.97. The zero-order valence-electron chi connectivity index (χ0n) is 12.6. The minimum atomic E-state index is 0.0342. The van der Waals surface area contributed by atoms with Crippen LogP contribution in [0.15, 0.2) is 18.2 Å². The van der Waals surface area contributed by atoms with Gasteiger partial charge in [0.15, 0.2) is 0 Å². The molecule has 1 saturated heterocycles. The lowest BCUT2D eigenvalue weighted by molar-refractivity contribution is 0.210. The van der Waals surface area contributed by atoms with Gasteiger partial charge in [-0.3, -0.25) is 10.3 Å². The van der Waals surface area contributed by atoms with E-state index in [2.05, 4.69) is 4.90 Å². The number of hydrogen-bond donors (Lipinski definition) is 3. The van der Waals surface area contributed by atoms with E-state index in [9.17, 15) is 0 Å². The van der Waals surface area contributed by atoms with E-state index in [4.69, 9.17) is 21.0 Å². The number of hydrogen-bond acceptors (Lipinski definition) is 4. The molecular formula is C16H25N3O2. The Balaban J connectivity index is 2.08. The summed E-state index contributed by atoms with van der Waals surface area (Å²) in [6, 6.07) is 6.42. The van der Waals surface area contributed by atoms with Gasteiger partial charge in [-0.25, -0.2) is 0 Å². The van der Waals surface area contributed by atoms with Crippen molar-refractivity contribution < 1.29 is 9.84 Å². The van der Waals surface area contributed by atoms with E-state index < -0.39 is 0 Å². The maximum absolute atomic E-state index is 8.99. The predicted octanol–water partition coefficient (Wildman–Crippen LogP) is 1.72. The highest BCUT2D eigenvalue weighted by atomic mass is 16.5. The molecule has 0 spiro atoms. The molecule has 1 fully saturated rings. The third-order valence-electron chi connectivity index (χ3n) is 4.13. The van der Waals surface area contributed by atoms with Crippen molar-refractivity contribution in [3.63, 3.8) is 0 Å². The molecule has 1 aromatic rings. The average molecular weight is 291 g/mol. The number of nitrogens with two attached hydrogens (primary N) is 1. The fraction of sp³-hybridized carbons (Fsp3) is 0.562. The van der Waals surface area contributed by atoms with E-state index in [1.807, 2.05) is 18.2 Å². The summed E-state index contributed by atoms with van der Waals surface area (Å²) in [5.74, 6) is 0.677. The first kappa shape index (κ1) is 15.8. The highest BCUT2D eigenvalue weighted by Gasteiger charge is 2.24. The number of likely N-dealkylation sites (tertiary alicyclic amines) is 1. The zero-order valence-corrected chi connectivity index (χ0v) is 12.6. The number of aliphatic hydroxyl groups is 1. The van der Waals surface area contributed by atoms with E-state index in [0.29, 0.717) is 17.4 Å². The number of amidine groups is 1. The highest BCUT2D eigenvalue weighted by Crippen LogP contribution is 2.25. The molecule has 116 valence electrons. The van der Waals surface area contributed by atoms with Crippen LogP contribution in [0, 0.1) is 5.41 Å². The number of rotatable bonds is 7. The fourth-order valence-electron chi connectivity index (χ4n) is 3.06. The van der Waals surface area contributed by atoms with Crippen LogP contribution in [0.2, 0.25) is 0 Å². The Morgan fingerprint density at radius 1 is 1.52 bits per heavy atom. The SMILES string of the molecule is COc1ccc(CN2CCCC2CCCO)cc1C(=N)N. The molecule has 0 aliphatic carbocycles. The van der Waals surface area contributed by atoms with Gasteiger partial charge in [-0.1, -0.05) is 6.07 Å². The first-order valence-corrected chi connectivity index (χ1v) is 7.52. The molecule has 1 aliphatic rings. The Hall–Kier alpha value is -1.59. The third-order valence-corrected chi connectivity index (χ3v) is 4.13. The first-order valence-electron chi connectivity index (χ1n) is 7.52. The maximum Gasteiger partial charge on any atom is 0.129 e. The number of nitrogens with one attached hydrogen (secondary N) is 1. The van der Waals surface area contributed by atoms with Gasteiger partial charge in [-0.2, -0.15) is 0 Å². The molecule has 1 atom stereocenters. The molecule has 1 aliphatic heterocycles. The minimum Gasteiger partial charge on any atom is -0.496 e. The van der Waals surface area contributed by atoms with Crippen molar-refractivity contribution in [3.8, 4) is 5.75 Å². The van der Waals surface area contributed by atoms with Gasteiger partial charge in [0.05, 0.1) is 12.7 Å². The van der Waals surface area contributed by atoms with Crippen molar-refractivity contribution in [2.75, 3.05) is 20.3 Å². The van der Waals surface area contributed by atoms with Crippen LogP contribution < -0.4 is 10.5 Å². The minimum absolute atomic E-state index is 0.0342. The Morgan fingerprint density at radius 2 is 2.33 bits per heavy atom. The van der Waals surface area contributed by atoms with Crippen molar-refractivity contribution >= 4 is 5.84 Å². The van der Waals surface area contributed by atoms with Gasteiger partial charge in [0.25, 0.3) is 0 Å². The number of nitrogens with zero attached hydrogens (tertiary/aromatic N) is 1. The van der Waals surface area contributed by atoms with Crippen LogP contribution in [0.4, 0.5) is 0 Å². The van der Waals surface area contributed by atoms with Gasteiger partial charge in [0, 0.05) is 19.2 Å². The number of aliphatic hydroxyl groups excluding tert-OH is 1. The van der Waals surface area contributed by atoms with Crippen LogP contribution in [0.1, 0.15) is 36.8 Å². The maximum atomic E-state index is 8.99. The molecule has 21 heavy (non-hydrogen) atoms. The molecule has 0 saturated carbocycles. The summed E-state index contributed by atoms with van der Waals surface area (Å²) < 4.78 is 5.24. The summed E-state index contributed by atoms with van der Waals surface area (Å²) in [5, 5.41) is 16.6. The topological polar surface area (TPSA) is 82.6 Å². The molecule has 0 aromatic heterocycles. The van der Waals surface area contributed by atoms with Gasteiger partial charge >= 0.3 is 0 Å². The lowest BCUT2D eigenvalue weighted by atomic mass is 10.1. The largest absolute Gasteiger partial charge is 0.496 e. The Bertz CT molecular complexity index is 490. The van der Waals surface area contributed by atoms with E-state index >= 15 is 0 Å². The van der Waals surface area contributed by atoms with E-state index in [1.54, 1.807) is 7.11 Å². The monoisotopic (exact) mass is 291 g/mol. The summed E-state index contributed by atoms with van der Waals surface area (Å²) in [7, 11) is 1.59. The molecule has 1 aromatic carbocycles. The van der Waals surface area contributed by atoms with E-state index in [1.165, 1.54) is 12.8 Å². The van der Waals surface area contributed by atoms with Crippen molar-refractivity contribution in [3.05, 3.63) is 29.3 Å². The van der Waals surface area contributed by atoms with Gasteiger partial charge in [0.2, 0.25) is 0 Å². The van der Waals surface area contributed by atoms with Crippen LogP contribution in [0.5, 0.6) is 5.75 Å². The van der Waals surface area contributed by atoms with Crippen LogP contribution >= 0.6 is 0 Å². The standard InChI is InChI=1S/C16H25N3O2/c1-21-15-7-6-12(10-14(15)16(17)18)11-19-8-2-4-13(19)5-3-9-20/h6-7,10,13,20H,2-5,8-9,11H2,1H3,(H3,17,18). The lowest BCUT2D eigenvalue weighted by Gasteiger charge is -2.24. The molecule has 2 rings (SSSR count). The van der Waals surface area contributed by atoms with Gasteiger partial charge < -0.3 is 15.6 Å². The zero-order chi connectivity index (χ0) is 15.2. The summed E-state index contributed by atoms with van der Waals surface area (Å²) >= 11 is 0. The van der Waals surface area contributed by atoms with Crippen molar-refractivity contribution in [1.82, 2.24) is 4.90 Å². The molecule has 0 radical (unpaired) electrons. The molecule has 0 amide bonds. The Kier molecular flexibility index (Phi) is 5.59. The van der Waals surface area contributed by atoms with Crippen LogP contribution in [-0.4, -0.2) is 42.1 Å². The number of benzene rings is 1. The van der Waals surface area contributed by atoms with Gasteiger partial charge in [0.1, 0.15) is 11.6 Å². The summed E-state index contributed by atoms with van der Waals surface area (Å²) in [4.78, 5) is 2.46. The quantitative estimate of drug-likeness (QED) is 0.527. The molecule has 4 N–H and O–H groups in total. The van der Waals surface area contributed by atoms with Gasteiger partial charge in [-0.05, 0) is 49.9 Å². The number of nitrogen functional groups attached to an aromatic ring is 1. The first-order chi connectivity index (χ1) is 10.2. The summed E-state index contributed by atoms with van der Waals surface area (Å²) in [6.07, 6.45) is 4.33. The van der Waals surface area contributed by atoms with Crippen molar-refractivity contribution in [1.29, 1.82) is 5.41 Å². The van der Waals surface area contributed by atoms with Gasteiger partial charge in [-0.15, -0.1) is 0 Å². The molecule has 0 bridgehead atoms. The Morgan fingerprint density at radius 3 is 3.00 bits per heavy atom. The molecule has 5 nitrogen and oxygen atoms in total. The number of ether oxygens (including phenoxy) is 1. The summed E-state index contributed by atoms with van der Waals surface area (Å²) in [6.45, 7) is 2.22. The fourth-order valence-corrected chi connectivity index (χ4v) is 3.06. The normalized spacial score (nSPS) is 18.9. The average Bonchev–Trinajstić information content (AvgIpc) is 2.92. The van der Waals surface area contributed by atoms with Crippen molar-refractivity contribution in [2.24, 2.45) is 5.73 Å². The second-order valence-electron chi connectivity index (χ2n) is 5.58.